The van der Waals surface area contributed by atoms with E-state index in [9.17, 15) is 8.42 Å². The summed E-state index contributed by atoms with van der Waals surface area (Å²) in [6.45, 7) is 2.20. The van der Waals surface area contributed by atoms with Crippen LogP contribution in [-0.4, -0.2) is 27.9 Å². The molecule has 0 saturated heterocycles. The van der Waals surface area contributed by atoms with Gasteiger partial charge in [0.15, 0.2) is 11.5 Å². The van der Waals surface area contributed by atoms with E-state index in [1.54, 1.807) is 19.2 Å². The van der Waals surface area contributed by atoms with Gasteiger partial charge in [-0.3, -0.25) is 0 Å². The first-order valence-electron chi connectivity index (χ1n) is 5.72. The Bertz CT molecular complexity index is 473. The molecule has 0 aliphatic heterocycles. The van der Waals surface area contributed by atoms with E-state index in [4.69, 9.17) is 14.6 Å². The van der Waals surface area contributed by atoms with Crippen LogP contribution >= 0.6 is 0 Å². The van der Waals surface area contributed by atoms with Crippen LogP contribution < -0.4 is 14.6 Å². The first-order valence-corrected chi connectivity index (χ1v) is 7.44. The number of rotatable bonds is 7. The van der Waals surface area contributed by atoms with Gasteiger partial charge in [-0.1, -0.05) is 19.1 Å². The molecule has 0 aliphatic carbocycles. The molecule has 0 saturated carbocycles. The molecule has 0 amide bonds. The molecule has 0 bridgehead atoms. The molecule has 5 nitrogen and oxygen atoms in total. The third kappa shape index (κ3) is 4.93. The second-order valence-electron chi connectivity index (χ2n) is 4.07. The van der Waals surface area contributed by atoms with Crippen molar-refractivity contribution >= 4 is 10.0 Å². The minimum atomic E-state index is -3.47. The molecule has 1 unspecified atom stereocenters. The lowest BCUT2D eigenvalue weighted by molar-refractivity contribution is 0.245. The minimum Gasteiger partial charge on any atom is -0.493 e. The zero-order chi connectivity index (χ0) is 13.6. The lowest BCUT2D eigenvalue weighted by Crippen LogP contribution is -2.26. The Morgan fingerprint density at radius 1 is 1.28 bits per heavy atom. The summed E-state index contributed by atoms with van der Waals surface area (Å²) in [5.74, 6) is 1.04. The van der Waals surface area contributed by atoms with Crippen molar-refractivity contribution in [2.24, 2.45) is 11.1 Å². The SMILES string of the molecule is CCC(COc1ccccc1OC)CS(N)(=O)=O. The van der Waals surface area contributed by atoms with Crippen molar-refractivity contribution in [3.05, 3.63) is 24.3 Å². The lowest BCUT2D eigenvalue weighted by atomic mass is 10.1. The van der Waals surface area contributed by atoms with E-state index in [-0.39, 0.29) is 11.7 Å². The number of sulfonamides is 1. The normalized spacial score (nSPS) is 13.1. The molecular formula is C12H19NO4S. The van der Waals surface area contributed by atoms with Crippen molar-refractivity contribution in [3.63, 3.8) is 0 Å². The fraction of sp³-hybridized carbons (Fsp3) is 0.500. The van der Waals surface area contributed by atoms with Crippen molar-refractivity contribution in [1.29, 1.82) is 0 Å². The van der Waals surface area contributed by atoms with Crippen LogP contribution in [0.3, 0.4) is 0 Å². The molecule has 6 heteroatoms. The molecule has 102 valence electrons. The predicted octanol–water partition coefficient (Wildman–Crippen LogP) is 1.39. The number of nitrogens with two attached hydrogens (primary N) is 1. The fourth-order valence-corrected chi connectivity index (χ4v) is 2.55. The number of hydrogen-bond donors (Lipinski definition) is 1. The standard InChI is InChI=1S/C12H19NO4S/c1-3-10(9-18(13,14)15)8-17-12-7-5-4-6-11(12)16-2/h4-7,10H,3,8-9H2,1-2H3,(H2,13,14,15). The highest BCUT2D eigenvalue weighted by Gasteiger charge is 2.15. The Balaban J connectivity index is 2.62. The molecule has 0 spiro atoms. The number of hydrogen-bond acceptors (Lipinski definition) is 4. The maximum absolute atomic E-state index is 11.0. The Hall–Kier alpha value is -1.27. The van der Waals surface area contributed by atoms with Crippen molar-refractivity contribution in [1.82, 2.24) is 0 Å². The molecule has 1 rings (SSSR count). The van der Waals surface area contributed by atoms with Gasteiger partial charge in [0.2, 0.25) is 10.0 Å². The molecule has 2 N–H and O–H groups in total. The quantitative estimate of drug-likeness (QED) is 0.814. The van der Waals surface area contributed by atoms with Crippen LogP contribution in [0.15, 0.2) is 24.3 Å². The van der Waals surface area contributed by atoms with Crippen molar-refractivity contribution in [2.45, 2.75) is 13.3 Å². The van der Waals surface area contributed by atoms with Crippen LogP contribution in [0.25, 0.3) is 0 Å². The number of methoxy groups -OCH3 is 1. The van der Waals surface area contributed by atoms with E-state index in [0.717, 1.165) is 0 Å². The zero-order valence-corrected chi connectivity index (χ0v) is 11.4. The molecule has 0 aromatic heterocycles. The topological polar surface area (TPSA) is 78.6 Å². The molecule has 0 heterocycles. The monoisotopic (exact) mass is 273 g/mol. The van der Waals surface area contributed by atoms with Gasteiger partial charge in [-0.05, 0) is 18.6 Å². The third-order valence-electron chi connectivity index (χ3n) is 2.59. The summed E-state index contributed by atoms with van der Waals surface area (Å²) in [4.78, 5) is 0. The summed E-state index contributed by atoms with van der Waals surface area (Å²) in [5.41, 5.74) is 0. The van der Waals surface area contributed by atoms with Crippen LogP contribution in [0.2, 0.25) is 0 Å². The molecule has 0 aliphatic rings. The van der Waals surface area contributed by atoms with E-state index in [2.05, 4.69) is 0 Å². The first-order chi connectivity index (χ1) is 8.46. The Morgan fingerprint density at radius 2 is 1.89 bits per heavy atom. The Labute approximate surface area is 108 Å². The first kappa shape index (κ1) is 14.8. The molecule has 1 atom stereocenters. The van der Waals surface area contributed by atoms with Gasteiger partial charge in [-0.2, -0.15) is 0 Å². The van der Waals surface area contributed by atoms with Gasteiger partial charge in [-0.25, -0.2) is 13.6 Å². The van der Waals surface area contributed by atoms with Gasteiger partial charge in [0.1, 0.15) is 0 Å². The maximum atomic E-state index is 11.0. The molecular weight excluding hydrogens is 254 g/mol. The van der Waals surface area contributed by atoms with Crippen LogP contribution in [0.4, 0.5) is 0 Å². The summed E-state index contributed by atoms with van der Waals surface area (Å²) < 4.78 is 32.8. The van der Waals surface area contributed by atoms with Crippen molar-refractivity contribution in [2.75, 3.05) is 19.5 Å². The fourth-order valence-electron chi connectivity index (χ4n) is 1.56. The summed E-state index contributed by atoms with van der Waals surface area (Å²) in [6, 6.07) is 7.24. The van der Waals surface area contributed by atoms with Crippen LogP contribution in [0, 0.1) is 5.92 Å². The van der Waals surface area contributed by atoms with Crippen LogP contribution in [0.5, 0.6) is 11.5 Å². The highest BCUT2D eigenvalue weighted by molar-refractivity contribution is 7.89. The molecule has 0 radical (unpaired) electrons. The van der Waals surface area contributed by atoms with E-state index in [1.165, 1.54) is 0 Å². The molecule has 1 aromatic rings. The lowest BCUT2D eigenvalue weighted by Gasteiger charge is -2.16. The molecule has 1 aromatic carbocycles. The minimum absolute atomic E-state index is 0.0708. The highest BCUT2D eigenvalue weighted by Crippen LogP contribution is 2.26. The van der Waals surface area contributed by atoms with Crippen LogP contribution in [-0.2, 0) is 10.0 Å². The second kappa shape index (κ2) is 6.61. The number of para-hydroxylation sites is 2. The number of ether oxygens (including phenoxy) is 2. The van der Waals surface area contributed by atoms with Crippen molar-refractivity contribution in [3.8, 4) is 11.5 Å². The highest BCUT2D eigenvalue weighted by atomic mass is 32.2. The van der Waals surface area contributed by atoms with Gasteiger partial charge < -0.3 is 9.47 Å². The van der Waals surface area contributed by atoms with Gasteiger partial charge in [0.05, 0.1) is 19.5 Å². The summed E-state index contributed by atoms with van der Waals surface area (Å²) in [7, 11) is -1.91. The van der Waals surface area contributed by atoms with E-state index in [1.807, 2.05) is 19.1 Å². The smallest absolute Gasteiger partial charge is 0.209 e. The molecule has 0 fully saturated rings. The maximum Gasteiger partial charge on any atom is 0.209 e. The zero-order valence-electron chi connectivity index (χ0n) is 10.6. The average molecular weight is 273 g/mol. The largest absolute Gasteiger partial charge is 0.493 e. The van der Waals surface area contributed by atoms with Crippen molar-refractivity contribution < 1.29 is 17.9 Å². The van der Waals surface area contributed by atoms with Gasteiger partial charge >= 0.3 is 0 Å². The predicted molar refractivity (Wildman–Crippen MR) is 70.2 cm³/mol. The van der Waals surface area contributed by atoms with Crippen LogP contribution in [0.1, 0.15) is 13.3 Å². The average Bonchev–Trinajstić information content (AvgIpc) is 2.33. The number of benzene rings is 1. The Kier molecular flexibility index (Phi) is 5.43. The Morgan fingerprint density at radius 3 is 2.39 bits per heavy atom. The van der Waals surface area contributed by atoms with Gasteiger partial charge in [-0.15, -0.1) is 0 Å². The summed E-state index contributed by atoms with van der Waals surface area (Å²) in [5, 5.41) is 5.03. The van der Waals surface area contributed by atoms with Gasteiger partial charge in [0, 0.05) is 5.92 Å². The van der Waals surface area contributed by atoms with E-state index >= 15 is 0 Å². The van der Waals surface area contributed by atoms with E-state index in [0.29, 0.717) is 24.5 Å². The second-order valence-corrected chi connectivity index (χ2v) is 5.72. The van der Waals surface area contributed by atoms with E-state index < -0.39 is 10.0 Å². The third-order valence-corrected chi connectivity index (χ3v) is 3.52. The summed E-state index contributed by atoms with van der Waals surface area (Å²) >= 11 is 0. The number of primary sulfonamides is 1. The molecule has 18 heavy (non-hydrogen) atoms. The van der Waals surface area contributed by atoms with Gasteiger partial charge in [0.25, 0.3) is 0 Å². The summed E-state index contributed by atoms with van der Waals surface area (Å²) in [6.07, 6.45) is 0.686.